The highest BCUT2D eigenvalue weighted by Gasteiger charge is 2.52. The Kier molecular flexibility index (Phi) is 10.8. The van der Waals surface area contributed by atoms with Gasteiger partial charge in [0.25, 0.3) is 0 Å². The first-order valence-electron chi connectivity index (χ1n) is 13.0. The third-order valence-electron chi connectivity index (χ3n) is 7.22. The summed E-state index contributed by atoms with van der Waals surface area (Å²) in [5.74, 6) is -0.855. The zero-order valence-electron chi connectivity index (χ0n) is 21.8. The number of aromatic amines is 1. The van der Waals surface area contributed by atoms with E-state index in [1.807, 2.05) is 0 Å². The fraction of sp³-hybridized carbons (Fsp3) is 0.708. The van der Waals surface area contributed by atoms with Crippen LogP contribution in [0.5, 0.6) is 0 Å². The van der Waals surface area contributed by atoms with E-state index in [1.54, 1.807) is 0 Å². The molecule has 4 rings (SSSR count). The Hall–Kier alpha value is -1.98. The average molecular weight is 611 g/mol. The van der Waals surface area contributed by atoms with E-state index < -0.39 is 111 Å². The topological polar surface area (TPSA) is 288 Å². The minimum absolute atomic E-state index is 0.182. The molecule has 18 heteroatoms. The third-order valence-corrected chi connectivity index (χ3v) is 7.22. The minimum Gasteiger partial charge on any atom is -0.394 e. The van der Waals surface area contributed by atoms with Gasteiger partial charge in [0, 0.05) is 0 Å². The Morgan fingerprint density at radius 3 is 2.14 bits per heavy atom. The van der Waals surface area contributed by atoms with Crippen LogP contribution in [0.4, 0.5) is 4.39 Å². The fourth-order valence-corrected chi connectivity index (χ4v) is 4.81. The number of hydrogen-bond donors (Lipinski definition) is 12. The molecule has 2 fully saturated rings. The predicted molar refractivity (Wildman–Crippen MR) is 131 cm³/mol. The summed E-state index contributed by atoms with van der Waals surface area (Å²) in [5, 5.41) is 112. The zero-order chi connectivity index (χ0) is 30.9. The summed E-state index contributed by atoms with van der Waals surface area (Å²) in [6.45, 7) is -2.67. The van der Waals surface area contributed by atoms with Crippen molar-refractivity contribution in [2.75, 3.05) is 19.8 Å². The Bertz CT molecular complexity index is 1160. The molecule has 42 heavy (non-hydrogen) atoms. The van der Waals surface area contributed by atoms with Crippen LogP contribution in [0.2, 0.25) is 0 Å². The van der Waals surface area contributed by atoms with E-state index in [-0.39, 0.29) is 16.9 Å². The lowest BCUT2D eigenvalue weighted by Crippen LogP contribution is -2.65. The van der Waals surface area contributed by atoms with Gasteiger partial charge in [-0.1, -0.05) is 0 Å². The number of fused-ring (bicyclic) bond motifs is 1. The molecule has 2 aromatic rings. The van der Waals surface area contributed by atoms with E-state index in [0.29, 0.717) is 0 Å². The molecular formula is C24H35FN2O15. The van der Waals surface area contributed by atoms with E-state index in [2.05, 4.69) is 9.97 Å². The smallest absolute Gasteiger partial charge is 0.187 e. The van der Waals surface area contributed by atoms with Gasteiger partial charge in [0.15, 0.2) is 12.6 Å². The van der Waals surface area contributed by atoms with Gasteiger partial charge in [0.1, 0.15) is 84.9 Å². The normalized spacial score (nSPS) is 37.0. The summed E-state index contributed by atoms with van der Waals surface area (Å²) in [7, 11) is 0. The molecule has 1 aromatic carbocycles. The number of nitrogens with zero attached hydrogens (tertiary/aromatic N) is 1. The number of halogens is 1. The van der Waals surface area contributed by atoms with Crippen LogP contribution in [0, 0.1) is 5.82 Å². The van der Waals surface area contributed by atoms with Crippen LogP contribution in [-0.2, 0) is 18.9 Å². The minimum atomic E-state index is -2.05. The molecule has 0 spiro atoms. The van der Waals surface area contributed by atoms with Gasteiger partial charge in [-0.25, -0.2) is 9.37 Å². The molecule has 1 aromatic heterocycles. The van der Waals surface area contributed by atoms with Crippen molar-refractivity contribution in [3.8, 4) is 0 Å². The average Bonchev–Trinajstić information content (AvgIpc) is 3.41. The number of imidazole rings is 1. The van der Waals surface area contributed by atoms with E-state index >= 15 is 0 Å². The van der Waals surface area contributed by atoms with Gasteiger partial charge in [-0.3, -0.25) is 0 Å². The van der Waals surface area contributed by atoms with Crippen molar-refractivity contribution >= 4 is 11.0 Å². The van der Waals surface area contributed by atoms with Crippen LogP contribution in [0.15, 0.2) is 18.2 Å². The van der Waals surface area contributed by atoms with Crippen molar-refractivity contribution in [2.45, 2.75) is 85.8 Å². The summed E-state index contributed by atoms with van der Waals surface area (Å²) < 4.78 is 35.2. The fourth-order valence-electron chi connectivity index (χ4n) is 4.81. The van der Waals surface area contributed by atoms with Crippen molar-refractivity contribution in [3.05, 3.63) is 29.8 Å². The van der Waals surface area contributed by atoms with Crippen LogP contribution >= 0.6 is 0 Å². The number of aliphatic hydroxyl groups is 11. The van der Waals surface area contributed by atoms with E-state index in [4.69, 9.17) is 18.9 Å². The van der Waals surface area contributed by atoms with Crippen molar-refractivity contribution in [1.82, 2.24) is 9.97 Å². The molecule has 0 bridgehead atoms. The summed E-state index contributed by atoms with van der Waals surface area (Å²) >= 11 is 0. The number of aliphatic hydroxyl groups excluding tert-OH is 11. The number of hydrogen-bond acceptors (Lipinski definition) is 16. The van der Waals surface area contributed by atoms with Crippen molar-refractivity contribution < 1.29 is 79.5 Å². The first-order valence-corrected chi connectivity index (χ1v) is 13.0. The van der Waals surface area contributed by atoms with Gasteiger partial charge in [-0.15, -0.1) is 0 Å². The maximum absolute atomic E-state index is 13.5. The van der Waals surface area contributed by atoms with Crippen LogP contribution in [0.25, 0.3) is 11.0 Å². The lowest BCUT2D eigenvalue weighted by molar-refractivity contribution is -0.368. The van der Waals surface area contributed by atoms with Gasteiger partial charge in [0.05, 0.1) is 30.9 Å². The number of aromatic nitrogens is 2. The number of rotatable bonds is 11. The molecule has 2 saturated heterocycles. The molecule has 2 aliphatic heterocycles. The second kappa shape index (κ2) is 13.8. The third kappa shape index (κ3) is 6.58. The number of ether oxygens (including phenoxy) is 4. The van der Waals surface area contributed by atoms with E-state index in [0.717, 1.165) is 12.1 Å². The SMILES string of the molecule is OCC(O)C(OC1OC(CO)C(OC2OC(CO)C(O)C(O)C2O)C(O)C1O)C(O)[C@H](O)c1nc2ccc(F)cc2[nH]1. The van der Waals surface area contributed by atoms with E-state index in [1.165, 1.54) is 6.07 Å². The number of H-pyrrole nitrogens is 1. The molecule has 17 nitrogen and oxygen atoms in total. The highest BCUT2D eigenvalue weighted by Crippen LogP contribution is 2.31. The molecule has 0 radical (unpaired) electrons. The van der Waals surface area contributed by atoms with Crippen molar-refractivity contribution in [1.29, 1.82) is 0 Å². The molecule has 14 atom stereocenters. The Morgan fingerprint density at radius 1 is 0.857 bits per heavy atom. The van der Waals surface area contributed by atoms with Gasteiger partial charge in [-0.2, -0.15) is 0 Å². The maximum atomic E-state index is 13.5. The molecular weight excluding hydrogens is 575 g/mol. The summed E-state index contributed by atoms with van der Waals surface area (Å²) in [5.41, 5.74) is 0.421. The largest absolute Gasteiger partial charge is 0.394 e. The lowest BCUT2D eigenvalue weighted by atomic mass is 9.96. The second-order valence-electron chi connectivity index (χ2n) is 10.1. The highest BCUT2D eigenvalue weighted by atomic mass is 19.1. The summed E-state index contributed by atoms with van der Waals surface area (Å²) in [6, 6.07) is 3.52. The van der Waals surface area contributed by atoms with Crippen LogP contribution in [0.3, 0.4) is 0 Å². The molecule has 2 aliphatic rings. The zero-order valence-corrected chi connectivity index (χ0v) is 21.8. The van der Waals surface area contributed by atoms with Crippen LogP contribution < -0.4 is 0 Å². The molecule has 0 aliphatic carbocycles. The second-order valence-corrected chi connectivity index (χ2v) is 10.1. The molecule has 0 saturated carbocycles. The number of nitrogens with one attached hydrogen (secondary N) is 1. The maximum Gasteiger partial charge on any atom is 0.187 e. The standard InChI is InChI=1S/C24H35FN2O15/c25-7-1-2-8-9(3-7)27-22(26-8)17(36)15(34)20(10(31)4-28)41-24-19(38)16(35)21(12(6-30)40-24)42-23-18(37)14(33)13(32)11(5-29)39-23/h1-3,10-21,23-24,28-38H,4-6H2,(H,26,27)/t10?,11?,12?,13?,14?,15?,16?,17-,18?,19?,20?,21?,23?,24?/m0/s1. The molecule has 3 heterocycles. The Labute approximate surface area is 236 Å². The summed E-state index contributed by atoms with van der Waals surface area (Å²) in [6.07, 6.45) is -25.4. The molecule has 12 N–H and O–H groups in total. The van der Waals surface area contributed by atoms with Crippen LogP contribution in [0.1, 0.15) is 11.9 Å². The van der Waals surface area contributed by atoms with E-state index in [9.17, 15) is 60.6 Å². The Morgan fingerprint density at radius 2 is 1.50 bits per heavy atom. The van der Waals surface area contributed by atoms with Gasteiger partial charge in [0.2, 0.25) is 0 Å². The first-order chi connectivity index (χ1) is 19.9. The van der Waals surface area contributed by atoms with Crippen molar-refractivity contribution in [2.24, 2.45) is 0 Å². The van der Waals surface area contributed by atoms with Crippen molar-refractivity contribution in [3.63, 3.8) is 0 Å². The predicted octanol–water partition coefficient (Wildman–Crippen LogP) is -5.54. The first kappa shape index (κ1) is 32.9. The van der Waals surface area contributed by atoms with Crippen LogP contribution in [-0.4, -0.2) is 166 Å². The molecule has 238 valence electrons. The van der Waals surface area contributed by atoms with Gasteiger partial charge in [-0.05, 0) is 18.2 Å². The monoisotopic (exact) mass is 610 g/mol. The van der Waals surface area contributed by atoms with Gasteiger partial charge < -0.3 is 80.1 Å². The highest BCUT2D eigenvalue weighted by molar-refractivity contribution is 5.75. The molecule has 13 unspecified atom stereocenters. The number of benzene rings is 1. The molecule has 0 amide bonds. The lowest BCUT2D eigenvalue weighted by Gasteiger charge is -2.46. The Balaban J connectivity index is 1.49. The summed E-state index contributed by atoms with van der Waals surface area (Å²) in [4.78, 5) is 6.66. The van der Waals surface area contributed by atoms with Gasteiger partial charge >= 0.3 is 0 Å². The quantitative estimate of drug-likeness (QED) is 0.113.